The molecule has 0 atom stereocenters. The van der Waals surface area contributed by atoms with E-state index in [2.05, 4.69) is 20.8 Å². The highest BCUT2D eigenvalue weighted by Crippen LogP contribution is 2.07. The lowest BCUT2D eigenvalue weighted by molar-refractivity contribution is 0.437. The van der Waals surface area contributed by atoms with Crippen molar-refractivity contribution in [3.05, 3.63) is 0 Å². The molecule has 2 nitrogen and oxygen atoms in total. The normalized spacial score (nSPS) is 10.5. The van der Waals surface area contributed by atoms with Gasteiger partial charge in [0.2, 0.25) is 0 Å². The Morgan fingerprint density at radius 3 is 1.50 bits per heavy atom. The van der Waals surface area contributed by atoms with Gasteiger partial charge in [-0.3, -0.25) is 0 Å². The van der Waals surface area contributed by atoms with Gasteiger partial charge in [-0.1, -0.05) is 13.8 Å². The van der Waals surface area contributed by atoms with Crippen molar-refractivity contribution in [2.24, 2.45) is 5.73 Å². The molecule has 5 N–H and O–H groups in total. The van der Waals surface area contributed by atoms with E-state index >= 15 is 0 Å². The summed E-state index contributed by atoms with van der Waals surface area (Å²) in [4.78, 5) is 0. The molecule has 0 aliphatic carbocycles. The molecule has 8 heavy (non-hydrogen) atoms. The first-order chi connectivity index (χ1) is 3.12. The largest absolute Gasteiger partial charge is 0.344 e. The van der Waals surface area contributed by atoms with Crippen LogP contribution in [0.2, 0.25) is 0 Å². The summed E-state index contributed by atoms with van der Waals surface area (Å²) < 4.78 is 0. The van der Waals surface area contributed by atoms with Crippen LogP contribution in [0.4, 0.5) is 0 Å². The summed E-state index contributed by atoms with van der Waals surface area (Å²) in [6.07, 6.45) is 2.15. The minimum absolute atomic E-state index is 0. The van der Waals surface area contributed by atoms with Crippen LogP contribution < -0.4 is 11.9 Å². The Kier molecular flexibility index (Phi) is 5.23. The second-order valence-electron chi connectivity index (χ2n) is 2.36. The first-order valence-corrected chi connectivity index (χ1v) is 2.91. The fraction of sp³-hybridized carbons (Fsp3) is 1.00. The molecule has 0 bridgehead atoms. The van der Waals surface area contributed by atoms with E-state index in [0.717, 1.165) is 12.8 Å². The molecule has 0 fully saturated rings. The Balaban J connectivity index is 0. The highest BCUT2D eigenvalue weighted by molar-refractivity contribution is 4.72. The number of rotatable bonds is 2. The molecule has 0 heterocycles. The predicted octanol–water partition coefficient (Wildman–Crippen LogP) is 1.69. The zero-order valence-corrected chi connectivity index (χ0v) is 6.20. The van der Waals surface area contributed by atoms with Crippen LogP contribution in [-0.4, -0.2) is 5.54 Å². The third-order valence-corrected chi connectivity index (χ3v) is 1.62. The Labute approximate surface area is 52.0 Å². The van der Waals surface area contributed by atoms with Gasteiger partial charge in [-0.05, 0) is 19.8 Å². The zero-order valence-electron chi connectivity index (χ0n) is 6.20. The van der Waals surface area contributed by atoms with Gasteiger partial charge in [0.1, 0.15) is 0 Å². The molecule has 52 valence electrons. The number of nitrogens with two attached hydrogens (primary N) is 1. The lowest BCUT2D eigenvalue weighted by Gasteiger charge is -2.18. The molecular formula is C6H18N2. The lowest BCUT2D eigenvalue weighted by atomic mass is 9.98. The molecule has 2 heteroatoms. The van der Waals surface area contributed by atoms with Crippen LogP contribution in [0, 0.1) is 0 Å². The molecule has 0 saturated carbocycles. The van der Waals surface area contributed by atoms with Crippen molar-refractivity contribution in [3.63, 3.8) is 0 Å². The van der Waals surface area contributed by atoms with Gasteiger partial charge in [-0.25, -0.2) is 0 Å². The standard InChI is InChI=1S/C6H15N.H3N/c1-4-6(3,7)5-2;/h4-5,7H2,1-3H3;1H3. The first kappa shape index (κ1) is 10.8. The van der Waals surface area contributed by atoms with E-state index in [-0.39, 0.29) is 11.7 Å². The summed E-state index contributed by atoms with van der Waals surface area (Å²) in [6, 6.07) is 0. The molecule has 0 aliphatic rings. The maximum absolute atomic E-state index is 5.72. The molecule has 0 amide bonds. The van der Waals surface area contributed by atoms with Crippen molar-refractivity contribution < 1.29 is 0 Å². The van der Waals surface area contributed by atoms with Crippen molar-refractivity contribution in [3.8, 4) is 0 Å². The fourth-order valence-electron chi connectivity index (χ4n) is 0.250. The molecule has 0 radical (unpaired) electrons. The van der Waals surface area contributed by atoms with Crippen LogP contribution in [0.25, 0.3) is 0 Å². The zero-order chi connectivity index (χ0) is 5.91. The van der Waals surface area contributed by atoms with Crippen LogP contribution in [0.15, 0.2) is 0 Å². The van der Waals surface area contributed by atoms with Gasteiger partial charge >= 0.3 is 0 Å². The van der Waals surface area contributed by atoms with E-state index in [9.17, 15) is 0 Å². The van der Waals surface area contributed by atoms with Crippen LogP contribution in [-0.2, 0) is 0 Å². The molecule has 0 aromatic heterocycles. The van der Waals surface area contributed by atoms with E-state index in [1.807, 2.05) is 0 Å². The SMILES string of the molecule is CCC(C)(N)CC.N. The molecule has 0 saturated heterocycles. The van der Waals surface area contributed by atoms with Crippen molar-refractivity contribution in [1.29, 1.82) is 0 Å². The molecule has 0 unspecified atom stereocenters. The van der Waals surface area contributed by atoms with Gasteiger partial charge < -0.3 is 11.9 Å². The summed E-state index contributed by atoms with van der Waals surface area (Å²) in [6.45, 7) is 6.31. The van der Waals surface area contributed by atoms with E-state index in [1.165, 1.54) is 0 Å². The predicted molar refractivity (Wildman–Crippen MR) is 38.2 cm³/mol. The maximum Gasteiger partial charge on any atom is 0.0120 e. The quantitative estimate of drug-likeness (QED) is 0.579. The molecular weight excluding hydrogens is 100 g/mol. The van der Waals surface area contributed by atoms with Crippen molar-refractivity contribution in [2.75, 3.05) is 0 Å². The maximum atomic E-state index is 5.72. The topological polar surface area (TPSA) is 61.0 Å². The van der Waals surface area contributed by atoms with Gasteiger partial charge in [-0.15, -0.1) is 0 Å². The average molecular weight is 118 g/mol. The van der Waals surface area contributed by atoms with Gasteiger partial charge in [0.15, 0.2) is 0 Å². The Hall–Kier alpha value is -0.0800. The monoisotopic (exact) mass is 118 g/mol. The van der Waals surface area contributed by atoms with Crippen LogP contribution >= 0.6 is 0 Å². The summed E-state index contributed by atoms with van der Waals surface area (Å²) >= 11 is 0. The number of hydrogen-bond donors (Lipinski definition) is 2. The van der Waals surface area contributed by atoms with Crippen molar-refractivity contribution in [1.82, 2.24) is 6.15 Å². The minimum atomic E-state index is 0. The average Bonchev–Trinajstić information content (AvgIpc) is 1.68. The van der Waals surface area contributed by atoms with Gasteiger partial charge in [0.05, 0.1) is 0 Å². The van der Waals surface area contributed by atoms with Crippen LogP contribution in [0.3, 0.4) is 0 Å². The Morgan fingerprint density at radius 2 is 1.50 bits per heavy atom. The highest BCUT2D eigenvalue weighted by atomic mass is 14.7. The van der Waals surface area contributed by atoms with E-state index in [0.29, 0.717) is 0 Å². The Morgan fingerprint density at radius 1 is 1.25 bits per heavy atom. The summed E-state index contributed by atoms with van der Waals surface area (Å²) in [5, 5.41) is 0. The lowest BCUT2D eigenvalue weighted by Crippen LogP contribution is -2.33. The first-order valence-electron chi connectivity index (χ1n) is 2.91. The third-order valence-electron chi connectivity index (χ3n) is 1.62. The van der Waals surface area contributed by atoms with Crippen LogP contribution in [0.5, 0.6) is 0 Å². The van der Waals surface area contributed by atoms with Gasteiger partial charge in [0, 0.05) is 5.54 Å². The second-order valence-corrected chi connectivity index (χ2v) is 2.36. The van der Waals surface area contributed by atoms with Crippen LogP contribution in [0.1, 0.15) is 33.6 Å². The van der Waals surface area contributed by atoms with Crippen molar-refractivity contribution >= 4 is 0 Å². The molecule has 0 aromatic rings. The fourth-order valence-corrected chi connectivity index (χ4v) is 0.250. The minimum Gasteiger partial charge on any atom is -0.344 e. The smallest absolute Gasteiger partial charge is 0.0120 e. The highest BCUT2D eigenvalue weighted by Gasteiger charge is 2.10. The number of hydrogen-bond acceptors (Lipinski definition) is 2. The van der Waals surface area contributed by atoms with E-state index in [4.69, 9.17) is 5.73 Å². The molecule has 0 aromatic carbocycles. The second kappa shape index (κ2) is 3.87. The van der Waals surface area contributed by atoms with Crippen molar-refractivity contribution in [2.45, 2.75) is 39.2 Å². The summed E-state index contributed by atoms with van der Waals surface area (Å²) in [7, 11) is 0. The van der Waals surface area contributed by atoms with Gasteiger partial charge in [0.25, 0.3) is 0 Å². The van der Waals surface area contributed by atoms with E-state index < -0.39 is 0 Å². The van der Waals surface area contributed by atoms with E-state index in [1.54, 1.807) is 0 Å². The third kappa shape index (κ3) is 4.09. The Bertz CT molecular complexity index is 44.5. The van der Waals surface area contributed by atoms with Gasteiger partial charge in [-0.2, -0.15) is 0 Å². The molecule has 0 spiro atoms. The summed E-state index contributed by atoms with van der Waals surface area (Å²) in [5.41, 5.74) is 5.80. The molecule has 0 aliphatic heterocycles. The summed E-state index contributed by atoms with van der Waals surface area (Å²) in [5.74, 6) is 0. The molecule has 0 rings (SSSR count).